The van der Waals surface area contributed by atoms with Gasteiger partial charge in [0.15, 0.2) is 17.5 Å². The molecule has 4 heterocycles. The molecule has 11 rings (SSSR count). The van der Waals surface area contributed by atoms with Crippen molar-refractivity contribution < 1.29 is 4.42 Å². The van der Waals surface area contributed by atoms with Crippen LogP contribution in [0, 0.1) is 0 Å². The van der Waals surface area contributed by atoms with Crippen LogP contribution in [0.5, 0.6) is 0 Å². The van der Waals surface area contributed by atoms with Gasteiger partial charge in [0.05, 0.1) is 0 Å². The van der Waals surface area contributed by atoms with Crippen LogP contribution in [-0.2, 0) is 0 Å². The molecule has 4 aromatic heterocycles. The van der Waals surface area contributed by atoms with Gasteiger partial charge in [-0.15, -0.1) is 22.7 Å². The minimum Gasteiger partial charge on any atom is -0.455 e. The number of furan rings is 1. The van der Waals surface area contributed by atoms with E-state index in [9.17, 15) is 0 Å². The fraction of sp³-hybridized carbons (Fsp3) is 0. The van der Waals surface area contributed by atoms with Crippen molar-refractivity contribution in [3.8, 4) is 45.3 Å². The Morgan fingerprint density at radius 3 is 1.69 bits per heavy atom. The van der Waals surface area contributed by atoms with Gasteiger partial charge in [0, 0.05) is 73.4 Å². The number of rotatable bonds is 4. The van der Waals surface area contributed by atoms with E-state index in [4.69, 9.17) is 19.4 Å². The van der Waals surface area contributed by atoms with E-state index in [1.165, 1.54) is 40.3 Å². The lowest BCUT2D eigenvalue weighted by molar-refractivity contribution is 0.670. The number of nitrogens with zero attached hydrogens (tertiary/aromatic N) is 3. The zero-order valence-corrected chi connectivity index (χ0v) is 28.6. The third-order valence-corrected chi connectivity index (χ3v) is 12.0. The number of para-hydroxylation sites is 2. The second-order valence-corrected chi connectivity index (χ2v) is 15.0. The van der Waals surface area contributed by atoms with Crippen LogP contribution >= 0.6 is 22.7 Å². The van der Waals surface area contributed by atoms with Gasteiger partial charge in [-0.1, -0.05) is 115 Å². The third kappa shape index (κ3) is 4.61. The van der Waals surface area contributed by atoms with Crippen LogP contribution in [0.15, 0.2) is 156 Å². The van der Waals surface area contributed by atoms with Crippen molar-refractivity contribution in [2.75, 3.05) is 0 Å². The number of aromatic nitrogens is 3. The number of thiophene rings is 2. The van der Waals surface area contributed by atoms with Crippen LogP contribution in [0.2, 0.25) is 0 Å². The van der Waals surface area contributed by atoms with E-state index < -0.39 is 0 Å². The summed E-state index contributed by atoms with van der Waals surface area (Å²) < 4.78 is 11.3. The van der Waals surface area contributed by atoms with Crippen molar-refractivity contribution in [1.29, 1.82) is 0 Å². The average Bonchev–Trinajstić information content (AvgIpc) is 3.88. The van der Waals surface area contributed by atoms with E-state index in [0.29, 0.717) is 17.5 Å². The van der Waals surface area contributed by atoms with Gasteiger partial charge in [0.2, 0.25) is 0 Å². The zero-order valence-electron chi connectivity index (χ0n) is 27.0. The molecule has 238 valence electrons. The monoisotopic (exact) mass is 687 g/mol. The third-order valence-electron chi connectivity index (χ3n) is 9.75. The summed E-state index contributed by atoms with van der Waals surface area (Å²) >= 11 is 3.59. The standard InChI is InChI=1S/C45H25N3OS2/c1-2-9-26(10-3-1)43-46-44(28-17-20-33-32-12-5-7-16-38(32)50-40(33)24-28)48-45(47-43)29-18-21-34-36-23-27(19-22-39(36)51-41(34)25-29)30-13-8-14-35-31-11-4-6-15-37(31)49-42(30)35/h1-25H. The predicted molar refractivity (Wildman–Crippen MR) is 215 cm³/mol. The molecular weight excluding hydrogens is 663 g/mol. The quantitative estimate of drug-likeness (QED) is 0.185. The molecule has 11 aromatic rings. The molecule has 0 spiro atoms. The average molecular weight is 688 g/mol. The Kier molecular flexibility index (Phi) is 6.26. The van der Waals surface area contributed by atoms with Gasteiger partial charge in [-0.2, -0.15) is 0 Å². The van der Waals surface area contributed by atoms with Crippen LogP contribution in [0.25, 0.3) is 108 Å². The second-order valence-electron chi connectivity index (χ2n) is 12.8. The highest BCUT2D eigenvalue weighted by Crippen LogP contribution is 2.41. The SMILES string of the molecule is c1ccc(-c2nc(-c3ccc4c(c3)sc3ccccc34)nc(-c3ccc4c(c3)sc3ccc(-c5cccc6c5oc5ccccc56)cc34)n2)cc1. The fourth-order valence-corrected chi connectivity index (χ4v) is 9.54. The van der Waals surface area contributed by atoms with Crippen molar-refractivity contribution >= 4 is 85.0 Å². The van der Waals surface area contributed by atoms with Gasteiger partial charge >= 0.3 is 0 Å². The summed E-state index contributed by atoms with van der Waals surface area (Å²) in [7, 11) is 0. The minimum atomic E-state index is 0.659. The number of hydrogen-bond acceptors (Lipinski definition) is 6. The van der Waals surface area contributed by atoms with Gasteiger partial charge in [-0.25, -0.2) is 15.0 Å². The lowest BCUT2D eigenvalue weighted by Crippen LogP contribution is -2.00. The summed E-state index contributed by atoms with van der Waals surface area (Å²) in [6.45, 7) is 0. The molecule has 0 unspecified atom stereocenters. The first-order valence-corrected chi connectivity index (χ1v) is 18.5. The van der Waals surface area contributed by atoms with Crippen LogP contribution in [0.1, 0.15) is 0 Å². The Morgan fingerprint density at radius 1 is 0.353 bits per heavy atom. The molecule has 0 bridgehead atoms. The summed E-state index contributed by atoms with van der Waals surface area (Å²) in [5, 5.41) is 7.25. The fourth-order valence-electron chi connectivity index (χ4n) is 7.27. The Labute approximate surface area is 299 Å². The summed E-state index contributed by atoms with van der Waals surface area (Å²) in [6.07, 6.45) is 0. The molecule has 0 fully saturated rings. The molecule has 6 heteroatoms. The molecule has 51 heavy (non-hydrogen) atoms. The molecule has 0 atom stereocenters. The minimum absolute atomic E-state index is 0.659. The highest BCUT2D eigenvalue weighted by Gasteiger charge is 2.17. The topological polar surface area (TPSA) is 51.8 Å². The van der Waals surface area contributed by atoms with E-state index in [1.807, 2.05) is 30.3 Å². The lowest BCUT2D eigenvalue weighted by atomic mass is 10.00. The highest BCUT2D eigenvalue weighted by molar-refractivity contribution is 7.26. The first-order valence-electron chi connectivity index (χ1n) is 16.8. The van der Waals surface area contributed by atoms with E-state index in [0.717, 1.165) is 49.8 Å². The van der Waals surface area contributed by atoms with Gasteiger partial charge in [-0.3, -0.25) is 0 Å². The summed E-state index contributed by atoms with van der Waals surface area (Å²) in [4.78, 5) is 15.1. The van der Waals surface area contributed by atoms with E-state index >= 15 is 0 Å². The van der Waals surface area contributed by atoms with Crippen LogP contribution in [-0.4, -0.2) is 15.0 Å². The van der Waals surface area contributed by atoms with Crippen LogP contribution in [0.4, 0.5) is 0 Å². The highest BCUT2D eigenvalue weighted by atomic mass is 32.1. The maximum absolute atomic E-state index is 6.39. The Morgan fingerprint density at radius 2 is 0.922 bits per heavy atom. The van der Waals surface area contributed by atoms with Crippen LogP contribution in [0.3, 0.4) is 0 Å². The molecule has 0 amide bonds. The molecule has 0 radical (unpaired) electrons. The lowest BCUT2D eigenvalue weighted by Gasteiger charge is -2.09. The molecule has 4 nitrogen and oxygen atoms in total. The van der Waals surface area contributed by atoms with E-state index in [1.54, 1.807) is 22.7 Å². The Balaban J connectivity index is 1.04. The molecule has 0 aliphatic carbocycles. The maximum atomic E-state index is 6.39. The van der Waals surface area contributed by atoms with E-state index in [-0.39, 0.29) is 0 Å². The first-order chi connectivity index (χ1) is 25.2. The predicted octanol–water partition coefficient (Wildman–Crippen LogP) is 13.2. The van der Waals surface area contributed by atoms with Crippen molar-refractivity contribution in [2.24, 2.45) is 0 Å². The zero-order chi connectivity index (χ0) is 33.5. The molecule has 0 aliphatic heterocycles. The molecular formula is C45H25N3OS2. The molecule has 0 aliphatic rings. The van der Waals surface area contributed by atoms with Crippen molar-refractivity contribution in [1.82, 2.24) is 15.0 Å². The Bertz CT molecular complexity index is 3160. The van der Waals surface area contributed by atoms with Gasteiger partial charge < -0.3 is 4.42 Å². The van der Waals surface area contributed by atoms with Gasteiger partial charge in [-0.05, 0) is 42.0 Å². The summed E-state index contributed by atoms with van der Waals surface area (Å²) in [5.41, 5.74) is 6.97. The second kappa shape index (κ2) is 11.2. The maximum Gasteiger partial charge on any atom is 0.164 e. The smallest absolute Gasteiger partial charge is 0.164 e. The van der Waals surface area contributed by atoms with Crippen LogP contribution < -0.4 is 0 Å². The number of fused-ring (bicyclic) bond motifs is 9. The van der Waals surface area contributed by atoms with Crippen molar-refractivity contribution in [3.05, 3.63) is 152 Å². The van der Waals surface area contributed by atoms with E-state index in [2.05, 4.69) is 121 Å². The number of hydrogen-bond donors (Lipinski definition) is 0. The summed E-state index contributed by atoms with van der Waals surface area (Å²) in [5.74, 6) is 1.99. The normalized spacial score (nSPS) is 11.9. The molecule has 7 aromatic carbocycles. The molecule has 0 saturated carbocycles. The first kappa shape index (κ1) is 28.6. The summed E-state index contributed by atoms with van der Waals surface area (Å²) in [6, 6.07) is 53.2. The molecule has 0 saturated heterocycles. The number of benzene rings is 7. The largest absolute Gasteiger partial charge is 0.455 e. The Hall–Kier alpha value is -6.21. The molecule has 0 N–H and O–H groups in total. The van der Waals surface area contributed by atoms with Gasteiger partial charge in [0.1, 0.15) is 11.2 Å². The van der Waals surface area contributed by atoms with Crippen molar-refractivity contribution in [2.45, 2.75) is 0 Å². The van der Waals surface area contributed by atoms with Crippen molar-refractivity contribution in [3.63, 3.8) is 0 Å². The van der Waals surface area contributed by atoms with Gasteiger partial charge in [0.25, 0.3) is 0 Å².